The fourth-order valence-corrected chi connectivity index (χ4v) is 2.20. The zero-order chi connectivity index (χ0) is 21.5. The van der Waals surface area contributed by atoms with Gasteiger partial charge in [-0.1, -0.05) is 0 Å². The van der Waals surface area contributed by atoms with Gasteiger partial charge in [-0.3, -0.25) is 0 Å². The average molecular weight is 429 g/mol. The van der Waals surface area contributed by atoms with Crippen LogP contribution in [0.25, 0.3) is 0 Å². The molecule has 0 atom stereocenters. The number of hydrogen-bond donors (Lipinski definition) is 3. The molecule has 0 unspecified atom stereocenters. The minimum absolute atomic E-state index is 0.0705. The van der Waals surface area contributed by atoms with Crippen LogP contribution in [0.15, 0.2) is 58.4 Å². The van der Waals surface area contributed by atoms with Crippen molar-refractivity contribution in [1.82, 2.24) is 0 Å². The van der Waals surface area contributed by atoms with Crippen molar-refractivity contribution in [2.75, 3.05) is 6.26 Å². The minimum atomic E-state index is -3.92. The van der Waals surface area contributed by atoms with Crippen LogP contribution < -0.4 is 21.3 Å². The predicted molar refractivity (Wildman–Crippen MR) is 100 cm³/mol. The molecule has 0 bridgehead atoms. The molecule has 0 aliphatic rings. The first-order valence-corrected chi connectivity index (χ1v) is 10.6. The van der Waals surface area contributed by atoms with Gasteiger partial charge < -0.3 is 20.8 Å². The van der Waals surface area contributed by atoms with Gasteiger partial charge >= 0.3 is 5.97 Å². The molecule has 28 heavy (non-hydrogen) atoms. The van der Waals surface area contributed by atoms with Crippen molar-refractivity contribution in [2.24, 2.45) is 21.6 Å². The number of benzene rings is 2. The lowest BCUT2D eigenvalue weighted by atomic mass is 10.2. The number of esters is 1. The fraction of sp³-hybridized carbons (Fsp3) is 0.0667. The molecule has 6 N–H and O–H groups in total. The molecule has 0 saturated heterocycles. The van der Waals surface area contributed by atoms with E-state index in [2.05, 4.69) is 4.99 Å². The number of nitrogens with two attached hydrogens (primary N) is 3. The third kappa shape index (κ3) is 9.09. The lowest BCUT2D eigenvalue weighted by Crippen LogP contribution is -2.21. The van der Waals surface area contributed by atoms with E-state index in [-0.39, 0.29) is 22.2 Å². The van der Waals surface area contributed by atoms with Crippen molar-refractivity contribution < 1.29 is 30.9 Å². The molecule has 152 valence electrons. The maximum Gasteiger partial charge on any atom is 0.343 e. The summed E-state index contributed by atoms with van der Waals surface area (Å²) >= 11 is 0. The smallest absolute Gasteiger partial charge is 0.343 e. The summed E-state index contributed by atoms with van der Waals surface area (Å²) in [5.74, 6) is -0.504. The molecule has 2 aromatic rings. The van der Waals surface area contributed by atoms with Gasteiger partial charge in [-0.05, 0) is 48.5 Å². The largest absolute Gasteiger partial charge is 0.748 e. The number of ether oxygens (including phenoxy) is 1. The first-order valence-electron chi connectivity index (χ1n) is 7.21. The van der Waals surface area contributed by atoms with Gasteiger partial charge in [0.2, 0.25) is 10.0 Å². The maximum atomic E-state index is 12.0. The number of carbonyl (C=O) groups is 1. The van der Waals surface area contributed by atoms with Gasteiger partial charge in [0, 0.05) is 6.26 Å². The fourth-order valence-electron chi connectivity index (χ4n) is 1.68. The van der Waals surface area contributed by atoms with Crippen molar-refractivity contribution in [3.8, 4) is 5.75 Å². The molecule has 0 aliphatic heterocycles. The number of hydrogen-bond acceptors (Lipinski definition) is 8. The summed E-state index contributed by atoms with van der Waals surface area (Å²) in [5.41, 5.74) is 11.3. The maximum absolute atomic E-state index is 12.0. The van der Waals surface area contributed by atoms with E-state index in [9.17, 15) is 13.2 Å². The number of aliphatic imine (C=N–C) groups is 1. The second-order valence-corrected chi connectivity index (χ2v) is 8.16. The Morgan fingerprint density at radius 2 is 1.43 bits per heavy atom. The topological polar surface area (TPSA) is 208 Å². The van der Waals surface area contributed by atoms with E-state index >= 15 is 0 Å². The van der Waals surface area contributed by atoms with Crippen molar-refractivity contribution >= 4 is 37.8 Å². The molecule has 0 fully saturated rings. The number of nitrogens with zero attached hydrogens (tertiary/aromatic N) is 1. The summed E-state index contributed by atoms with van der Waals surface area (Å²) in [6, 6.07) is 11.3. The third-order valence-electron chi connectivity index (χ3n) is 2.72. The van der Waals surface area contributed by atoms with Gasteiger partial charge in [0.1, 0.15) is 5.75 Å². The summed E-state index contributed by atoms with van der Waals surface area (Å²) in [6.45, 7) is 0. The highest BCUT2D eigenvalue weighted by molar-refractivity contribution is 7.89. The number of guanidine groups is 1. The van der Waals surface area contributed by atoms with Crippen molar-refractivity contribution in [3.05, 3.63) is 54.1 Å². The lowest BCUT2D eigenvalue weighted by Gasteiger charge is -2.05. The molecule has 0 amide bonds. The Hall–Kier alpha value is -3.00. The Labute approximate surface area is 161 Å². The van der Waals surface area contributed by atoms with Gasteiger partial charge in [-0.25, -0.2) is 31.8 Å². The van der Waals surface area contributed by atoms with Crippen LogP contribution >= 0.6 is 0 Å². The second-order valence-electron chi connectivity index (χ2n) is 5.19. The Morgan fingerprint density at radius 1 is 0.964 bits per heavy atom. The lowest BCUT2D eigenvalue weighted by molar-refractivity contribution is 0.0734. The Morgan fingerprint density at radius 3 is 1.82 bits per heavy atom. The summed E-state index contributed by atoms with van der Waals surface area (Å²) in [5, 5.41) is 4.98. The summed E-state index contributed by atoms with van der Waals surface area (Å²) in [7, 11) is -7.70. The summed E-state index contributed by atoms with van der Waals surface area (Å²) in [4.78, 5) is 15.7. The molecule has 0 aromatic heterocycles. The van der Waals surface area contributed by atoms with Crippen molar-refractivity contribution in [3.63, 3.8) is 0 Å². The zero-order valence-corrected chi connectivity index (χ0v) is 16.1. The van der Waals surface area contributed by atoms with Crippen LogP contribution in [0, 0.1) is 0 Å². The Balaban J connectivity index is 0.000000696. The number of rotatable bonds is 4. The van der Waals surface area contributed by atoms with Gasteiger partial charge in [-0.2, -0.15) is 0 Å². The van der Waals surface area contributed by atoms with Crippen LogP contribution in [-0.4, -0.2) is 39.6 Å². The number of primary sulfonamides is 1. The Bertz CT molecular complexity index is 1050. The van der Waals surface area contributed by atoms with Gasteiger partial charge in [0.25, 0.3) is 0 Å². The van der Waals surface area contributed by atoms with E-state index in [0.717, 1.165) is 0 Å². The predicted octanol–water partition coefficient (Wildman–Crippen LogP) is -0.380. The monoisotopic (exact) mass is 429 g/mol. The highest BCUT2D eigenvalue weighted by Gasteiger charge is 2.11. The van der Waals surface area contributed by atoms with Gasteiger partial charge in [0.15, 0.2) is 5.96 Å². The highest BCUT2D eigenvalue weighted by Crippen LogP contribution is 2.18. The number of sulfonamides is 1. The molecular weight excluding hydrogens is 412 g/mol. The van der Waals surface area contributed by atoms with Crippen LogP contribution in [0.5, 0.6) is 5.75 Å². The van der Waals surface area contributed by atoms with Crippen LogP contribution in [0.4, 0.5) is 5.69 Å². The second kappa shape index (κ2) is 9.27. The molecule has 0 aliphatic carbocycles. The quantitative estimate of drug-likeness (QED) is 0.190. The zero-order valence-electron chi connectivity index (χ0n) is 14.5. The van der Waals surface area contributed by atoms with E-state index in [1.54, 1.807) is 12.1 Å². The molecule has 2 rings (SSSR count). The normalized spacial score (nSPS) is 11.0. The van der Waals surface area contributed by atoms with Crippen molar-refractivity contribution in [1.29, 1.82) is 0 Å². The van der Waals surface area contributed by atoms with Crippen LogP contribution in [0.1, 0.15) is 10.4 Å². The average Bonchev–Trinajstić information content (AvgIpc) is 2.53. The van der Waals surface area contributed by atoms with Crippen LogP contribution in [0.3, 0.4) is 0 Å². The van der Waals surface area contributed by atoms with E-state index in [1.807, 2.05) is 0 Å². The van der Waals surface area contributed by atoms with E-state index < -0.39 is 26.1 Å². The van der Waals surface area contributed by atoms with E-state index in [0.29, 0.717) is 11.9 Å². The van der Waals surface area contributed by atoms with E-state index in [1.165, 1.54) is 36.4 Å². The first-order chi connectivity index (χ1) is 12.8. The Kier molecular flexibility index (Phi) is 7.63. The summed E-state index contributed by atoms with van der Waals surface area (Å²) < 4.78 is 54.6. The first kappa shape index (κ1) is 23.0. The van der Waals surface area contributed by atoms with Crippen molar-refractivity contribution in [2.45, 2.75) is 4.90 Å². The summed E-state index contributed by atoms with van der Waals surface area (Å²) in [6.07, 6.45) is 0.604. The molecule has 0 spiro atoms. The third-order valence-corrected chi connectivity index (χ3v) is 3.65. The molecule has 0 heterocycles. The number of carbonyl (C=O) groups excluding carboxylic acids is 1. The van der Waals surface area contributed by atoms with E-state index in [4.69, 9.17) is 34.3 Å². The molecular formula is C15H17N4O7S2-. The van der Waals surface area contributed by atoms with Gasteiger partial charge in [0.05, 0.1) is 26.3 Å². The molecule has 13 heteroatoms. The molecule has 0 radical (unpaired) electrons. The standard InChI is InChI=1S/C14H14N4O4S.CH4O3S/c15-14(16)18-10-3-1-9(2-4-10)13(19)22-11-5-7-12(8-6-11)23(17,20)21;1-5(2,3)4/h1-8H,(H4,15,16,18)(H2,17,20,21);1H3,(H,2,3,4)/p-1. The highest BCUT2D eigenvalue weighted by atomic mass is 32.2. The van der Waals surface area contributed by atoms with Gasteiger partial charge in [-0.15, -0.1) is 0 Å². The molecule has 2 aromatic carbocycles. The molecule has 11 nitrogen and oxygen atoms in total. The SMILES string of the molecule is CS(=O)(=O)[O-].NC(N)=Nc1ccc(C(=O)Oc2ccc(S(N)(=O)=O)cc2)cc1. The van der Waals surface area contributed by atoms with Crippen LogP contribution in [-0.2, 0) is 20.1 Å². The minimum Gasteiger partial charge on any atom is -0.748 e. The molecule has 0 saturated carbocycles. The van der Waals surface area contributed by atoms with Crippen LogP contribution in [0.2, 0.25) is 0 Å².